The lowest BCUT2D eigenvalue weighted by atomic mass is 10.1. The second-order valence-electron chi connectivity index (χ2n) is 6.07. The molecule has 0 aromatic heterocycles. The first-order valence-corrected chi connectivity index (χ1v) is 8.56. The Labute approximate surface area is 160 Å². The van der Waals surface area contributed by atoms with Gasteiger partial charge in [0.1, 0.15) is 6.61 Å². The molecule has 0 radical (unpaired) electrons. The summed E-state index contributed by atoms with van der Waals surface area (Å²) in [4.78, 5) is 13.7. The van der Waals surface area contributed by atoms with Gasteiger partial charge < -0.3 is 15.0 Å². The fourth-order valence-electron chi connectivity index (χ4n) is 2.33. The molecule has 0 atom stereocenters. The van der Waals surface area contributed by atoms with Crippen LogP contribution in [0.3, 0.4) is 0 Å². The van der Waals surface area contributed by atoms with Crippen LogP contribution < -0.4 is 5.32 Å². The first-order chi connectivity index (χ1) is 12.7. The molecule has 0 unspecified atom stereocenters. The number of ether oxygens (including phenoxy) is 1. The van der Waals surface area contributed by atoms with E-state index in [0.29, 0.717) is 23.7 Å². The van der Waals surface area contributed by atoms with E-state index in [1.54, 1.807) is 43.4 Å². The van der Waals surface area contributed by atoms with E-state index in [-0.39, 0.29) is 12.6 Å². The predicted molar refractivity (Wildman–Crippen MR) is 97.3 cm³/mol. The van der Waals surface area contributed by atoms with E-state index >= 15 is 0 Å². The Kier molecular flexibility index (Phi) is 7.50. The van der Waals surface area contributed by atoms with Crippen LogP contribution in [0.2, 0.25) is 5.02 Å². The number of nitrogens with one attached hydrogen (secondary N) is 1. The van der Waals surface area contributed by atoms with E-state index in [1.165, 1.54) is 4.90 Å². The van der Waals surface area contributed by atoms with E-state index in [0.717, 1.165) is 11.1 Å². The second-order valence-corrected chi connectivity index (χ2v) is 6.51. The van der Waals surface area contributed by atoms with Crippen LogP contribution in [0.15, 0.2) is 48.5 Å². The molecule has 0 heterocycles. The Morgan fingerprint density at radius 1 is 1.11 bits per heavy atom. The maximum atomic E-state index is 12.2. The number of carbonyl (C=O) groups is 1. The van der Waals surface area contributed by atoms with Crippen molar-refractivity contribution in [2.45, 2.75) is 25.9 Å². The molecule has 8 heteroatoms. The van der Waals surface area contributed by atoms with Crippen molar-refractivity contribution in [3.8, 4) is 0 Å². The molecular weight excluding hydrogens is 381 g/mol. The lowest BCUT2D eigenvalue weighted by Crippen LogP contribution is -2.36. The molecule has 0 fully saturated rings. The molecule has 0 bridgehead atoms. The van der Waals surface area contributed by atoms with E-state index in [9.17, 15) is 18.0 Å². The quantitative estimate of drug-likeness (QED) is 0.728. The molecule has 1 N–H and O–H groups in total. The van der Waals surface area contributed by atoms with Gasteiger partial charge in [-0.05, 0) is 28.8 Å². The minimum atomic E-state index is -4.33. The van der Waals surface area contributed by atoms with Crippen molar-refractivity contribution in [2.75, 3.05) is 13.7 Å². The van der Waals surface area contributed by atoms with Crippen molar-refractivity contribution < 1.29 is 22.7 Å². The van der Waals surface area contributed by atoms with Crippen LogP contribution in [-0.2, 0) is 24.4 Å². The first kappa shape index (κ1) is 21.1. The molecule has 2 amide bonds. The van der Waals surface area contributed by atoms with Crippen molar-refractivity contribution in [3.63, 3.8) is 0 Å². The van der Waals surface area contributed by atoms with Crippen molar-refractivity contribution in [1.82, 2.24) is 10.2 Å². The largest absolute Gasteiger partial charge is 0.411 e. The molecule has 0 spiro atoms. The molecule has 0 aliphatic rings. The number of hydrogen-bond acceptors (Lipinski definition) is 2. The van der Waals surface area contributed by atoms with Crippen molar-refractivity contribution in [2.24, 2.45) is 0 Å². The lowest BCUT2D eigenvalue weighted by molar-refractivity contribution is -0.176. The van der Waals surface area contributed by atoms with Gasteiger partial charge in [0.15, 0.2) is 0 Å². The minimum Gasteiger partial charge on any atom is -0.367 e. The average molecular weight is 401 g/mol. The summed E-state index contributed by atoms with van der Waals surface area (Å²) >= 11 is 5.93. The monoisotopic (exact) mass is 400 g/mol. The van der Waals surface area contributed by atoms with Crippen LogP contribution in [0, 0.1) is 0 Å². The molecule has 2 rings (SSSR count). The van der Waals surface area contributed by atoms with Gasteiger partial charge in [-0.3, -0.25) is 0 Å². The normalized spacial score (nSPS) is 11.3. The summed E-state index contributed by atoms with van der Waals surface area (Å²) in [5.41, 5.74) is 2.38. The molecule has 0 saturated carbocycles. The number of carbonyl (C=O) groups excluding carboxylic acids is 1. The van der Waals surface area contributed by atoms with Crippen LogP contribution >= 0.6 is 11.6 Å². The summed E-state index contributed by atoms with van der Waals surface area (Å²) in [6, 6.07) is 13.9. The van der Waals surface area contributed by atoms with Gasteiger partial charge in [-0.25, -0.2) is 4.79 Å². The summed E-state index contributed by atoms with van der Waals surface area (Å²) < 4.78 is 40.7. The number of rotatable bonds is 7. The van der Waals surface area contributed by atoms with E-state index in [1.807, 2.05) is 12.1 Å². The molecule has 2 aromatic carbocycles. The van der Waals surface area contributed by atoms with Crippen molar-refractivity contribution in [3.05, 3.63) is 70.2 Å². The first-order valence-electron chi connectivity index (χ1n) is 8.18. The van der Waals surface area contributed by atoms with Crippen molar-refractivity contribution >= 4 is 17.6 Å². The highest BCUT2D eigenvalue weighted by Crippen LogP contribution is 2.16. The highest BCUT2D eigenvalue weighted by Gasteiger charge is 2.27. The Bertz CT molecular complexity index is 751. The number of urea groups is 1. The van der Waals surface area contributed by atoms with Gasteiger partial charge in [-0.15, -0.1) is 0 Å². The number of nitrogens with zero attached hydrogens (tertiary/aromatic N) is 1. The molecule has 0 aliphatic heterocycles. The van der Waals surface area contributed by atoms with Crippen LogP contribution in [0.25, 0.3) is 0 Å². The van der Waals surface area contributed by atoms with Gasteiger partial charge in [-0.2, -0.15) is 13.2 Å². The van der Waals surface area contributed by atoms with Gasteiger partial charge in [0.05, 0.1) is 6.61 Å². The summed E-state index contributed by atoms with van der Waals surface area (Å²) in [5.74, 6) is 0. The maximum absolute atomic E-state index is 12.2. The third kappa shape index (κ3) is 7.88. The Morgan fingerprint density at radius 2 is 1.78 bits per heavy atom. The fourth-order valence-corrected chi connectivity index (χ4v) is 2.54. The smallest absolute Gasteiger partial charge is 0.367 e. The predicted octanol–water partition coefficient (Wildman–Crippen LogP) is 4.76. The van der Waals surface area contributed by atoms with Crippen LogP contribution in [0.4, 0.5) is 18.0 Å². The van der Waals surface area contributed by atoms with E-state index < -0.39 is 12.8 Å². The summed E-state index contributed by atoms with van der Waals surface area (Å²) in [7, 11) is 1.68. The van der Waals surface area contributed by atoms with Crippen LogP contribution in [0.1, 0.15) is 16.7 Å². The fraction of sp³-hybridized carbons (Fsp3) is 0.316. The zero-order valence-corrected chi connectivity index (χ0v) is 15.5. The van der Waals surface area contributed by atoms with Gasteiger partial charge in [0.2, 0.25) is 0 Å². The average Bonchev–Trinajstić information content (AvgIpc) is 2.59. The van der Waals surface area contributed by atoms with Gasteiger partial charge in [0.25, 0.3) is 0 Å². The number of amides is 2. The zero-order valence-electron chi connectivity index (χ0n) is 14.7. The molecule has 0 aliphatic carbocycles. The third-order valence-corrected chi connectivity index (χ3v) is 3.89. The standard InChI is InChI=1S/C19H20ClF3N2O2/c1-25(11-16-3-2-4-17(20)9-16)18(26)24-10-14-5-7-15(8-6-14)12-27-13-19(21,22)23/h2-9H,10-13H2,1H3,(H,24,26). The van der Waals surface area contributed by atoms with Gasteiger partial charge >= 0.3 is 12.2 Å². The highest BCUT2D eigenvalue weighted by molar-refractivity contribution is 6.30. The molecule has 2 aromatic rings. The third-order valence-electron chi connectivity index (χ3n) is 3.66. The molecule has 27 heavy (non-hydrogen) atoms. The molecule has 0 saturated heterocycles. The van der Waals surface area contributed by atoms with Crippen LogP contribution in [-0.4, -0.2) is 30.8 Å². The van der Waals surface area contributed by atoms with Crippen LogP contribution in [0.5, 0.6) is 0 Å². The summed E-state index contributed by atoms with van der Waals surface area (Å²) in [6.45, 7) is -0.664. The minimum absolute atomic E-state index is 0.117. The SMILES string of the molecule is CN(Cc1cccc(Cl)c1)C(=O)NCc1ccc(COCC(F)(F)F)cc1. The maximum Gasteiger partial charge on any atom is 0.411 e. The number of hydrogen-bond donors (Lipinski definition) is 1. The van der Waals surface area contributed by atoms with Gasteiger partial charge in [0, 0.05) is 25.2 Å². The van der Waals surface area contributed by atoms with Crippen molar-refractivity contribution in [1.29, 1.82) is 0 Å². The molecular formula is C19H20ClF3N2O2. The molecule has 146 valence electrons. The zero-order chi connectivity index (χ0) is 19.9. The summed E-state index contributed by atoms with van der Waals surface area (Å²) in [6.07, 6.45) is -4.33. The topological polar surface area (TPSA) is 41.6 Å². The number of alkyl halides is 3. The Balaban J connectivity index is 1.77. The summed E-state index contributed by atoms with van der Waals surface area (Å²) in [5, 5.41) is 3.40. The number of benzene rings is 2. The molecule has 4 nitrogen and oxygen atoms in total. The lowest BCUT2D eigenvalue weighted by Gasteiger charge is -2.18. The second kappa shape index (κ2) is 9.62. The Morgan fingerprint density at radius 3 is 2.41 bits per heavy atom. The van der Waals surface area contributed by atoms with E-state index in [2.05, 4.69) is 10.1 Å². The Hall–Kier alpha value is -2.25. The highest BCUT2D eigenvalue weighted by atomic mass is 35.5. The van der Waals surface area contributed by atoms with Gasteiger partial charge in [-0.1, -0.05) is 48.0 Å². The van der Waals surface area contributed by atoms with E-state index in [4.69, 9.17) is 11.6 Å². The number of halogens is 4.